The highest BCUT2D eigenvalue weighted by Crippen LogP contribution is 2.33. The number of rotatable bonds is 5. The van der Waals surface area contributed by atoms with Gasteiger partial charge in [0.1, 0.15) is 0 Å². The Morgan fingerprint density at radius 2 is 1.38 bits per heavy atom. The third kappa shape index (κ3) is 3.42. The lowest BCUT2D eigenvalue weighted by Gasteiger charge is -2.14. The molecule has 0 saturated carbocycles. The normalized spacial score (nSPS) is 11.9. The van der Waals surface area contributed by atoms with Gasteiger partial charge in [0, 0.05) is 45.0 Å². The summed E-state index contributed by atoms with van der Waals surface area (Å²) in [6, 6.07) is 21.0. The fraction of sp³-hybridized carbons (Fsp3) is 0.200. The monoisotopic (exact) mass is 447 g/mol. The average Bonchev–Trinajstić information content (AvgIpc) is 3.04. The first-order valence-corrected chi connectivity index (χ1v) is 10.5. The minimum atomic E-state index is -0.627. The maximum atomic E-state index is 12.9. The van der Waals surface area contributed by atoms with Crippen molar-refractivity contribution < 1.29 is 9.59 Å². The molecule has 0 saturated heterocycles. The number of aromatic nitrogens is 1. The molecule has 146 valence electrons. The molecule has 0 fully saturated rings. The average molecular weight is 448 g/mol. The smallest absolute Gasteiger partial charge is 0.193 e. The van der Waals surface area contributed by atoms with E-state index < -0.39 is 4.32 Å². The summed E-state index contributed by atoms with van der Waals surface area (Å²) in [7, 11) is 0. The number of carbonyl (C=O) groups is 2. The molecule has 4 heteroatoms. The summed E-state index contributed by atoms with van der Waals surface area (Å²) in [5, 5.41) is 1.98. The van der Waals surface area contributed by atoms with Crippen LogP contribution in [0.5, 0.6) is 0 Å². The molecule has 4 rings (SSSR count). The van der Waals surface area contributed by atoms with Crippen LogP contribution in [0.1, 0.15) is 47.1 Å². The van der Waals surface area contributed by atoms with Gasteiger partial charge >= 0.3 is 0 Å². The van der Waals surface area contributed by atoms with Gasteiger partial charge in [-0.25, -0.2) is 0 Å². The highest BCUT2D eigenvalue weighted by atomic mass is 79.9. The summed E-state index contributed by atoms with van der Waals surface area (Å²) in [4.78, 5) is 25.7. The number of halogens is 1. The van der Waals surface area contributed by atoms with E-state index in [0.29, 0.717) is 16.7 Å². The Morgan fingerprint density at radius 3 is 1.93 bits per heavy atom. The van der Waals surface area contributed by atoms with E-state index in [1.54, 1.807) is 0 Å². The third-order valence-corrected chi connectivity index (χ3v) is 5.64. The zero-order chi connectivity index (χ0) is 20.8. The Balaban J connectivity index is 1.93. The van der Waals surface area contributed by atoms with E-state index in [1.165, 1.54) is 0 Å². The van der Waals surface area contributed by atoms with E-state index in [2.05, 4.69) is 27.4 Å². The molecule has 3 aromatic carbocycles. The molecule has 0 bridgehead atoms. The molecule has 0 atom stereocenters. The number of hydrogen-bond donors (Lipinski definition) is 0. The second kappa shape index (κ2) is 7.27. The molecule has 4 aromatic rings. The Labute approximate surface area is 178 Å². The number of nitrogens with zero attached hydrogens (tertiary/aromatic N) is 1. The zero-order valence-electron chi connectivity index (χ0n) is 16.7. The lowest BCUT2D eigenvalue weighted by molar-refractivity contribution is 0.0960. The number of hydrogen-bond acceptors (Lipinski definition) is 2. The summed E-state index contributed by atoms with van der Waals surface area (Å²) < 4.78 is 1.59. The molecule has 29 heavy (non-hydrogen) atoms. The van der Waals surface area contributed by atoms with Gasteiger partial charge < -0.3 is 4.57 Å². The molecule has 0 spiro atoms. The summed E-state index contributed by atoms with van der Waals surface area (Å²) in [6.45, 7) is 6.61. The Hall–Kier alpha value is -2.72. The number of alkyl halides is 1. The molecular formula is C25H22BrNO2. The van der Waals surface area contributed by atoms with Crippen molar-refractivity contribution in [2.75, 3.05) is 0 Å². The van der Waals surface area contributed by atoms with Crippen molar-refractivity contribution in [1.29, 1.82) is 0 Å². The summed E-state index contributed by atoms with van der Waals surface area (Å²) in [5.74, 6) is 0.0343. The van der Waals surface area contributed by atoms with Crippen molar-refractivity contribution >= 4 is 49.3 Å². The summed E-state index contributed by atoms with van der Waals surface area (Å²) >= 11 is 3.47. The molecule has 1 heterocycles. The first kappa shape index (κ1) is 19.6. The van der Waals surface area contributed by atoms with Gasteiger partial charge in [0.2, 0.25) is 0 Å². The standard InChI is InChI=1S/C25H22BrNO2/c1-4-27-21-12-10-17(23(28)16-8-6-5-7-9-16)14-19(21)20-15-18(11-13-22(20)27)24(29)25(2,3)26/h5-15H,4H2,1-3H3. The first-order chi connectivity index (χ1) is 13.8. The van der Waals surface area contributed by atoms with Gasteiger partial charge in [-0.15, -0.1) is 0 Å². The quantitative estimate of drug-likeness (QED) is 0.262. The fourth-order valence-electron chi connectivity index (χ4n) is 3.83. The molecule has 0 aliphatic heterocycles. The van der Waals surface area contributed by atoms with Gasteiger partial charge in [0.05, 0.1) is 4.32 Å². The van der Waals surface area contributed by atoms with Crippen LogP contribution in [0.4, 0.5) is 0 Å². The molecule has 0 radical (unpaired) electrons. The molecule has 0 N–H and O–H groups in total. The fourth-order valence-corrected chi connectivity index (χ4v) is 4.06. The van der Waals surface area contributed by atoms with Gasteiger partial charge in [0.15, 0.2) is 11.6 Å². The molecule has 0 unspecified atom stereocenters. The van der Waals surface area contributed by atoms with Crippen molar-refractivity contribution in [3.63, 3.8) is 0 Å². The van der Waals surface area contributed by atoms with Crippen molar-refractivity contribution in [1.82, 2.24) is 4.57 Å². The van der Waals surface area contributed by atoms with Crippen LogP contribution in [0.15, 0.2) is 66.7 Å². The zero-order valence-corrected chi connectivity index (χ0v) is 18.3. The SMILES string of the molecule is CCn1c2ccc(C(=O)c3ccccc3)cc2c2cc(C(=O)C(C)(C)Br)ccc21. The number of ketones is 2. The lowest BCUT2D eigenvalue weighted by Crippen LogP contribution is -2.23. The lowest BCUT2D eigenvalue weighted by atomic mass is 9.98. The number of carbonyl (C=O) groups excluding carboxylic acids is 2. The van der Waals surface area contributed by atoms with E-state index in [1.807, 2.05) is 80.6 Å². The van der Waals surface area contributed by atoms with E-state index >= 15 is 0 Å². The van der Waals surface area contributed by atoms with E-state index in [-0.39, 0.29) is 11.6 Å². The van der Waals surface area contributed by atoms with Crippen LogP contribution in [0.2, 0.25) is 0 Å². The molecule has 3 nitrogen and oxygen atoms in total. The van der Waals surface area contributed by atoms with E-state index in [9.17, 15) is 9.59 Å². The molecule has 0 amide bonds. The number of Topliss-reactive ketones (excluding diaryl/α,β-unsaturated/α-hetero) is 1. The molecule has 0 aliphatic carbocycles. The number of aryl methyl sites for hydroxylation is 1. The predicted molar refractivity (Wildman–Crippen MR) is 122 cm³/mol. The van der Waals surface area contributed by atoms with Crippen molar-refractivity contribution in [2.45, 2.75) is 31.6 Å². The van der Waals surface area contributed by atoms with Gasteiger partial charge in [-0.05, 0) is 57.2 Å². The van der Waals surface area contributed by atoms with Crippen LogP contribution in [0, 0.1) is 0 Å². The summed E-state index contributed by atoms with van der Waals surface area (Å²) in [5.41, 5.74) is 4.11. The van der Waals surface area contributed by atoms with Gasteiger partial charge in [0.25, 0.3) is 0 Å². The second-order valence-electron chi connectivity index (χ2n) is 7.70. The Bertz CT molecular complexity index is 1250. The van der Waals surface area contributed by atoms with Crippen LogP contribution in [0.3, 0.4) is 0 Å². The van der Waals surface area contributed by atoms with Gasteiger partial charge in [-0.3, -0.25) is 9.59 Å². The third-order valence-electron chi connectivity index (χ3n) is 5.28. The number of benzene rings is 3. The minimum absolute atomic E-state index is 0.00118. The Kier molecular flexibility index (Phi) is 4.91. The van der Waals surface area contributed by atoms with Crippen LogP contribution in [-0.4, -0.2) is 20.5 Å². The predicted octanol–water partition coefficient (Wildman–Crippen LogP) is 6.40. The van der Waals surface area contributed by atoms with Crippen LogP contribution >= 0.6 is 15.9 Å². The van der Waals surface area contributed by atoms with Crippen molar-refractivity contribution in [3.8, 4) is 0 Å². The second-order valence-corrected chi connectivity index (χ2v) is 9.69. The maximum Gasteiger partial charge on any atom is 0.193 e. The number of fused-ring (bicyclic) bond motifs is 3. The van der Waals surface area contributed by atoms with Crippen LogP contribution in [-0.2, 0) is 6.54 Å². The largest absolute Gasteiger partial charge is 0.341 e. The Morgan fingerprint density at radius 1 is 0.828 bits per heavy atom. The first-order valence-electron chi connectivity index (χ1n) is 9.70. The minimum Gasteiger partial charge on any atom is -0.341 e. The molecule has 0 aliphatic rings. The van der Waals surface area contributed by atoms with Crippen molar-refractivity contribution in [2.24, 2.45) is 0 Å². The maximum absolute atomic E-state index is 12.9. The molecular weight excluding hydrogens is 426 g/mol. The highest BCUT2D eigenvalue weighted by Gasteiger charge is 2.26. The molecule has 1 aromatic heterocycles. The van der Waals surface area contributed by atoms with Crippen molar-refractivity contribution in [3.05, 3.63) is 83.4 Å². The van der Waals surface area contributed by atoms with E-state index in [4.69, 9.17) is 0 Å². The van der Waals surface area contributed by atoms with Gasteiger partial charge in [-0.1, -0.05) is 46.3 Å². The van der Waals surface area contributed by atoms with Crippen LogP contribution in [0.25, 0.3) is 21.8 Å². The van der Waals surface area contributed by atoms with E-state index in [0.717, 1.165) is 28.4 Å². The highest BCUT2D eigenvalue weighted by molar-refractivity contribution is 9.10. The topological polar surface area (TPSA) is 39.1 Å². The summed E-state index contributed by atoms with van der Waals surface area (Å²) in [6.07, 6.45) is 0. The van der Waals surface area contributed by atoms with Gasteiger partial charge in [-0.2, -0.15) is 0 Å². The van der Waals surface area contributed by atoms with Crippen LogP contribution < -0.4 is 0 Å².